The van der Waals surface area contributed by atoms with Gasteiger partial charge in [-0.25, -0.2) is 4.79 Å². The number of rotatable bonds is 22. The summed E-state index contributed by atoms with van der Waals surface area (Å²) in [5, 5.41) is 50.7. The molecule has 19 nitrogen and oxygen atoms in total. The summed E-state index contributed by atoms with van der Waals surface area (Å²) >= 11 is 1.49. The summed E-state index contributed by atoms with van der Waals surface area (Å²) in [5.41, 5.74) is 17.0. The van der Waals surface area contributed by atoms with Gasteiger partial charge in [0.2, 0.25) is 29.5 Å². The van der Waals surface area contributed by atoms with Crippen LogP contribution in [-0.2, 0) is 35.2 Å². The van der Waals surface area contributed by atoms with E-state index in [1.807, 2.05) is 6.26 Å². The summed E-state index contributed by atoms with van der Waals surface area (Å²) in [7, 11) is 0. The van der Waals surface area contributed by atoms with Gasteiger partial charge in [0.05, 0.1) is 18.8 Å². The van der Waals surface area contributed by atoms with Gasteiger partial charge in [-0.3, -0.25) is 29.0 Å². The van der Waals surface area contributed by atoms with E-state index >= 15 is 0 Å². The Bertz CT molecular complexity index is 1330. The molecule has 1 aromatic carbocycles. The summed E-state index contributed by atoms with van der Waals surface area (Å²) < 4.78 is 0. The van der Waals surface area contributed by atoms with Crippen LogP contribution in [0.25, 0.3) is 0 Å². The number of carboxylic acids is 1. The standard InChI is InChI=1S/C30H49N9O10S/c1-15(35-25(44)19(31)10-12-50-3)24(43)39-23(16(2)41)28(47)37-21(13-17-6-8-18(42)9-7-17)27(46)36-20(5-4-11-34-30(32)33)26(45)38-22(14-40)29(48)49/h6-9,15-16,19-23,40-42H,4-5,10-14,31H2,1-3H3,(H,35,44)(H,36,46)(H,37,47)(H,38,45)(H,39,43)(H,48,49)(H4,32,33,34). The number of aliphatic hydroxyl groups excluding tert-OH is 2. The maximum absolute atomic E-state index is 13.7. The topological polar surface area (TPSA) is 334 Å². The highest BCUT2D eigenvalue weighted by Crippen LogP contribution is 2.13. The zero-order valence-electron chi connectivity index (χ0n) is 28.1. The Labute approximate surface area is 293 Å². The smallest absolute Gasteiger partial charge is 0.328 e. The molecule has 0 fully saturated rings. The van der Waals surface area contributed by atoms with Crippen molar-refractivity contribution in [1.82, 2.24) is 26.6 Å². The van der Waals surface area contributed by atoms with E-state index in [4.69, 9.17) is 17.2 Å². The molecule has 7 unspecified atom stereocenters. The molecule has 0 aliphatic heterocycles. The van der Waals surface area contributed by atoms with Gasteiger partial charge in [-0.05, 0) is 62.8 Å². The number of aliphatic imine (C=N–C) groups is 1. The van der Waals surface area contributed by atoms with E-state index in [9.17, 15) is 49.2 Å². The number of carbonyl (C=O) groups is 6. The molecule has 1 rings (SSSR count). The lowest BCUT2D eigenvalue weighted by Gasteiger charge is -2.27. The summed E-state index contributed by atoms with van der Waals surface area (Å²) in [6, 6.07) is -2.51. The normalized spacial score (nSPS) is 15.1. The molecule has 280 valence electrons. The van der Waals surface area contributed by atoms with Gasteiger partial charge in [-0.1, -0.05) is 12.1 Å². The van der Waals surface area contributed by atoms with Gasteiger partial charge >= 0.3 is 5.97 Å². The predicted octanol–water partition coefficient (Wildman–Crippen LogP) is -4.03. The molecule has 7 atom stereocenters. The number of carbonyl (C=O) groups excluding carboxylic acids is 5. The number of aliphatic hydroxyl groups is 2. The number of guanidine groups is 1. The van der Waals surface area contributed by atoms with Crippen molar-refractivity contribution < 1.29 is 49.2 Å². The fraction of sp³-hybridized carbons (Fsp3) is 0.567. The number of aromatic hydroxyl groups is 1. The second kappa shape index (κ2) is 22.1. The Morgan fingerprint density at radius 2 is 1.40 bits per heavy atom. The number of amides is 5. The second-order valence-electron chi connectivity index (χ2n) is 11.4. The number of aliphatic carboxylic acids is 1. The summed E-state index contributed by atoms with van der Waals surface area (Å²) in [6.07, 6.45) is 0.588. The number of nitrogens with one attached hydrogen (secondary N) is 5. The molecule has 0 radical (unpaired) electrons. The van der Waals surface area contributed by atoms with Crippen LogP contribution >= 0.6 is 11.8 Å². The van der Waals surface area contributed by atoms with E-state index in [1.54, 1.807) is 0 Å². The number of phenols is 1. The van der Waals surface area contributed by atoms with Gasteiger partial charge in [0.1, 0.15) is 36.0 Å². The van der Waals surface area contributed by atoms with E-state index in [0.717, 1.165) is 0 Å². The monoisotopic (exact) mass is 727 g/mol. The Morgan fingerprint density at radius 1 is 0.820 bits per heavy atom. The van der Waals surface area contributed by atoms with Crippen molar-refractivity contribution in [3.8, 4) is 5.75 Å². The second-order valence-corrected chi connectivity index (χ2v) is 12.4. The molecule has 1 aromatic rings. The first-order chi connectivity index (χ1) is 23.5. The van der Waals surface area contributed by atoms with Crippen molar-refractivity contribution in [1.29, 1.82) is 0 Å². The van der Waals surface area contributed by atoms with Crippen LogP contribution in [-0.4, -0.2) is 129 Å². The van der Waals surface area contributed by atoms with Crippen LogP contribution in [0.15, 0.2) is 29.3 Å². The van der Waals surface area contributed by atoms with Crippen molar-refractivity contribution in [2.75, 3.05) is 25.2 Å². The number of nitrogens with two attached hydrogens (primary N) is 3. The van der Waals surface area contributed by atoms with E-state index < -0.39 is 84.5 Å². The lowest BCUT2D eigenvalue weighted by Crippen LogP contribution is -2.61. The minimum Gasteiger partial charge on any atom is -0.508 e. The number of hydrogen-bond donors (Lipinski definition) is 12. The van der Waals surface area contributed by atoms with E-state index in [-0.39, 0.29) is 37.5 Å². The van der Waals surface area contributed by atoms with Crippen LogP contribution in [0.5, 0.6) is 5.75 Å². The van der Waals surface area contributed by atoms with Crippen LogP contribution in [0.2, 0.25) is 0 Å². The average molecular weight is 728 g/mol. The van der Waals surface area contributed by atoms with Crippen molar-refractivity contribution in [3.05, 3.63) is 29.8 Å². The molecule has 0 saturated carbocycles. The number of hydrogen-bond acceptors (Lipinski definition) is 12. The minimum absolute atomic E-state index is 0.0520. The maximum Gasteiger partial charge on any atom is 0.328 e. The first-order valence-electron chi connectivity index (χ1n) is 15.6. The molecular formula is C30H49N9O10S. The summed E-state index contributed by atoms with van der Waals surface area (Å²) in [4.78, 5) is 80.8. The van der Waals surface area contributed by atoms with Gasteiger partial charge in [-0.15, -0.1) is 0 Å². The molecule has 0 bridgehead atoms. The number of nitrogens with zero attached hydrogens (tertiary/aromatic N) is 1. The Kier molecular flexibility index (Phi) is 19.2. The van der Waals surface area contributed by atoms with Crippen LogP contribution in [0.1, 0.15) is 38.7 Å². The lowest BCUT2D eigenvalue weighted by molar-refractivity contribution is -0.143. The van der Waals surface area contributed by atoms with Gasteiger partial charge in [0, 0.05) is 13.0 Å². The quantitative estimate of drug-likeness (QED) is 0.0308. The van der Waals surface area contributed by atoms with Crippen LogP contribution in [0, 0.1) is 0 Å². The third-order valence-corrected chi connectivity index (χ3v) is 7.81. The van der Waals surface area contributed by atoms with Crippen molar-refractivity contribution in [3.63, 3.8) is 0 Å². The highest BCUT2D eigenvalue weighted by molar-refractivity contribution is 7.98. The maximum atomic E-state index is 13.7. The number of benzene rings is 1. The fourth-order valence-corrected chi connectivity index (χ4v) is 4.78. The van der Waals surface area contributed by atoms with Crippen molar-refractivity contribution >= 4 is 53.2 Å². The molecule has 0 aliphatic rings. The summed E-state index contributed by atoms with van der Waals surface area (Å²) in [5.74, 6) is -5.49. The first kappa shape index (κ1) is 43.4. The third-order valence-electron chi connectivity index (χ3n) is 7.17. The average Bonchev–Trinajstić information content (AvgIpc) is 3.05. The largest absolute Gasteiger partial charge is 0.508 e. The first-order valence-corrected chi connectivity index (χ1v) is 17.0. The molecule has 0 saturated heterocycles. The molecule has 0 aliphatic carbocycles. The zero-order valence-corrected chi connectivity index (χ0v) is 28.9. The molecular weight excluding hydrogens is 678 g/mol. The fourth-order valence-electron chi connectivity index (χ4n) is 4.29. The molecule has 0 spiro atoms. The summed E-state index contributed by atoms with van der Waals surface area (Å²) in [6.45, 7) is 1.69. The molecule has 0 heterocycles. The van der Waals surface area contributed by atoms with Crippen LogP contribution < -0.4 is 43.8 Å². The van der Waals surface area contributed by atoms with Crippen molar-refractivity contribution in [2.24, 2.45) is 22.2 Å². The van der Waals surface area contributed by atoms with Gasteiger partial charge < -0.3 is 64.2 Å². The Balaban J connectivity index is 3.27. The van der Waals surface area contributed by atoms with Gasteiger partial charge in [0.25, 0.3) is 0 Å². The minimum atomic E-state index is -1.68. The van der Waals surface area contributed by atoms with Crippen LogP contribution in [0.3, 0.4) is 0 Å². The van der Waals surface area contributed by atoms with Gasteiger partial charge in [0.15, 0.2) is 5.96 Å². The van der Waals surface area contributed by atoms with E-state index in [0.29, 0.717) is 17.7 Å². The van der Waals surface area contributed by atoms with Crippen LogP contribution in [0.4, 0.5) is 0 Å². The number of carboxylic acid groups (broad SMARTS) is 1. The number of phenolic OH excluding ortho intramolecular Hbond substituents is 1. The van der Waals surface area contributed by atoms with E-state index in [1.165, 1.54) is 49.9 Å². The van der Waals surface area contributed by atoms with Crippen molar-refractivity contribution in [2.45, 2.75) is 81.9 Å². The van der Waals surface area contributed by atoms with Gasteiger partial charge in [-0.2, -0.15) is 11.8 Å². The third kappa shape index (κ3) is 15.7. The SMILES string of the molecule is CSCCC(N)C(=O)NC(C)C(=O)NC(C(=O)NC(Cc1ccc(O)cc1)C(=O)NC(CCCN=C(N)N)C(=O)NC(CO)C(=O)O)C(C)O. The molecule has 50 heavy (non-hydrogen) atoms. The molecule has 20 heteroatoms. The Morgan fingerprint density at radius 3 is 1.94 bits per heavy atom. The molecule has 0 aromatic heterocycles. The Hall–Kier alpha value is -4.66. The number of thioether (sulfide) groups is 1. The predicted molar refractivity (Wildman–Crippen MR) is 184 cm³/mol. The lowest BCUT2D eigenvalue weighted by atomic mass is 10.0. The zero-order chi connectivity index (χ0) is 38.0. The molecule has 5 amide bonds. The van der Waals surface area contributed by atoms with E-state index in [2.05, 4.69) is 31.6 Å². The highest BCUT2D eigenvalue weighted by Gasteiger charge is 2.33. The molecule has 15 N–H and O–H groups in total. The highest BCUT2D eigenvalue weighted by atomic mass is 32.2.